The van der Waals surface area contributed by atoms with Crippen molar-refractivity contribution in [3.63, 3.8) is 0 Å². The Hall–Kier alpha value is -0.480. The van der Waals surface area contributed by atoms with Gasteiger partial charge >= 0.3 is 0 Å². The number of aliphatic hydroxyl groups is 1. The second-order valence-electron chi connectivity index (χ2n) is 3.36. The molecule has 2 rings (SSSR count). The maximum Gasteiger partial charge on any atom is 0.0746 e. The average Bonchev–Trinajstić information content (AvgIpc) is 2.65. The Morgan fingerprint density at radius 2 is 2.50 bits per heavy atom. The zero-order chi connectivity index (χ0) is 8.39. The average molecular weight is 184 g/mol. The van der Waals surface area contributed by atoms with Crippen molar-refractivity contribution in [2.45, 2.75) is 31.8 Å². The van der Waals surface area contributed by atoms with Gasteiger partial charge in [-0.05, 0) is 25.2 Å². The van der Waals surface area contributed by atoms with Crippen molar-refractivity contribution in [1.29, 1.82) is 0 Å². The summed E-state index contributed by atoms with van der Waals surface area (Å²) in [5, 5.41) is 9.54. The number of aliphatic hydroxyl groups excluding tert-OH is 1. The van der Waals surface area contributed by atoms with Crippen molar-refractivity contribution in [3.8, 4) is 0 Å². The van der Waals surface area contributed by atoms with Gasteiger partial charge in [0.25, 0.3) is 0 Å². The normalized spacial score (nSPS) is 29.4. The SMILES string of the molecule is OC1CCCC1Cc1cnsn1. The fourth-order valence-electron chi connectivity index (χ4n) is 1.80. The summed E-state index contributed by atoms with van der Waals surface area (Å²) in [4.78, 5) is 0. The Kier molecular flexibility index (Phi) is 2.37. The summed E-state index contributed by atoms with van der Waals surface area (Å²) in [7, 11) is 0. The summed E-state index contributed by atoms with van der Waals surface area (Å²) < 4.78 is 8.07. The van der Waals surface area contributed by atoms with E-state index in [1.165, 1.54) is 11.7 Å². The molecule has 0 aromatic carbocycles. The van der Waals surface area contributed by atoms with Crippen LogP contribution in [0.2, 0.25) is 0 Å². The fourth-order valence-corrected chi connectivity index (χ4v) is 2.24. The molecular weight excluding hydrogens is 172 g/mol. The highest BCUT2D eigenvalue weighted by molar-refractivity contribution is 6.99. The fraction of sp³-hybridized carbons (Fsp3) is 0.750. The molecule has 0 spiro atoms. The summed E-state index contributed by atoms with van der Waals surface area (Å²) in [6.07, 6.45) is 5.85. The lowest BCUT2D eigenvalue weighted by Crippen LogP contribution is -2.15. The van der Waals surface area contributed by atoms with Crippen molar-refractivity contribution in [1.82, 2.24) is 8.75 Å². The number of hydrogen-bond acceptors (Lipinski definition) is 4. The molecule has 0 radical (unpaired) electrons. The lowest BCUT2D eigenvalue weighted by atomic mass is 10.0. The molecule has 0 saturated heterocycles. The molecule has 1 fully saturated rings. The summed E-state index contributed by atoms with van der Waals surface area (Å²) >= 11 is 1.24. The first-order chi connectivity index (χ1) is 5.86. The molecule has 0 aliphatic heterocycles. The van der Waals surface area contributed by atoms with Gasteiger partial charge in [0.05, 0.1) is 29.7 Å². The predicted molar refractivity (Wildman–Crippen MR) is 47.0 cm³/mol. The van der Waals surface area contributed by atoms with Gasteiger partial charge in [0.1, 0.15) is 0 Å². The third-order valence-corrected chi connectivity index (χ3v) is 3.01. The first-order valence-corrected chi connectivity index (χ1v) is 5.04. The van der Waals surface area contributed by atoms with Gasteiger partial charge in [0, 0.05) is 0 Å². The number of aromatic nitrogens is 2. The Morgan fingerprint density at radius 1 is 1.58 bits per heavy atom. The molecule has 1 saturated carbocycles. The number of nitrogens with zero attached hydrogens (tertiary/aromatic N) is 2. The van der Waals surface area contributed by atoms with Gasteiger partial charge in [-0.1, -0.05) is 6.42 Å². The van der Waals surface area contributed by atoms with Crippen LogP contribution in [0.15, 0.2) is 6.20 Å². The number of rotatable bonds is 2. The van der Waals surface area contributed by atoms with Gasteiger partial charge in [-0.2, -0.15) is 8.75 Å². The Bertz CT molecular complexity index is 237. The van der Waals surface area contributed by atoms with E-state index in [0.717, 1.165) is 31.4 Å². The van der Waals surface area contributed by atoms with Gasteiger partial charge < -0.3 is 5.11 Å². The molecule has 0 bridgehead atoms. The van der Waals surface area contributed by atoms with Gasteiger partial charge in [-0.15, -0.1) is 0 Å². The van der Waals surface area contributed by atoms with E-state index in [-0.39, 0.29) is 6.10 Å². The minimum atomic E-state index is -0.105. The molecule has 1 heterocycles. The van der Waals surface area contributed by atoms with Crippen molar-refractivity contribution in [2.75, 3.05) is 0 Å². The molecule has 3 nitrogen and oxygen atoms in total. The largest absolute Gasteiger partial charge is 0.393 e. The molecule has 0 amide bonds. The minimum Gasteiger partial charge on any atom is -0.393 e. The molecule has 1 N–H and O–H groups in total. The van der Waals surface area contributed by atoms with Crippen molar-refractivity contribution < 1.29 is 5.11 Å². The highest BCUT2D eigenvalue weighted by atomic mass is 32.1. The van der Waals surface area contributed by atoms with E-state index in [1.54, 1.807) is 6.20 Å². The first-order valence-electron chi connectivity index (χ1n) is 4.31. The second-order valence-corrected chi connectivity index (χ2v) is 3.92. The minimum absolute atomic E-state index is 0.105. The van der Waals surface area contributed by atoms with E-state index >= 15 is 0 Å². The van der Waals surface area contributed by atoms with Crippen LogP contribution in [0, 0.1) is 5.92 Å². The van der Waals surface area contributed by atoms with E-state index < -0.39 is 0 Å². The van der Waals surface area contributed by atoms with Crippen molar-refractivity contribution >= 4 is 11.7 Å². The third-order valence-electron chi connectivity index (χ3n) is 2.50. The lowest BCUT2D eigenvalue weighted by Gasteiger charge is -2.11. The monoisotopic (exact) mass is 184 g/mol. The van der Waals surface area contributed by atoms with Crippen LogP contribution >= 0.6 is 11.7 Å². The molecule has 66 valence electrons. The van der Waals surface area contributed by atoms with Gasteiger partial charge in [0.2, 0.25) is 0 Å². The highest BCUT2D eigenvalue weighted by Gasteiger charge is 2.25. The van der Waals surface area contributed by atoms with Crippen LogP contribution in [0.1, 0.15) is 25.0 Å². The first kappa shape index (κ1) is 8.13. The van der Waals surface area contributed by atoms with Gasteiger partial charge in [-0.25, -0.2) is 0 Å². The van der Waals surface area contributed by atoms with Crippen LogP contribution in [0.5, 0.6) is 0 Å². The van der Waals surface area contributed by atoms with Gasteiger partial charge in [0.15, 0.2) is 0 Å². The molecule has 12 heavy (non-hydrogen) atoms. The molecule has 1 aromatic heterocycles. The maximum atomic E-state index is 9.54. The maximum absolute atomic E-state index is 9.54. The lowest BCUT2D eigenvalue weighted by molar-refractivity contribution is 0.132. The van der Waals surface area contributed by atoms with Crippen LogP contribution in [-0.2, 0) is 6.42 Å². The Labute approximate surface area is 75.8 Å². The quantitative estimate of drug-likeness (QED) is 0.752. The summed E-state index contributed by atoms with van der Waals surface area (Å²) in [6.45, 7) is 0. The summed E-state index contributed by atoms with van der Waals surface area (Å²) in [5.41, 5.74) is 1.03. The van der Waals surface area contributed by atoms with Gasteiger partial charge in [-0.3, -0.25) is 0 Å². The van der Waals surface area contributed by atoms with E-state index in [0.29, 0.717) is 5.92 Å². The highest BCUT2D eigenvalue weighted by Crippen LogP contribution is 2.28. The molecular formula is C8H12N2OS. The third kappa shape index (κ3) is 1.64. The zero-order valence-electron chi connectivity index (χ0n) is 6.81. The van der Waals surface area contributed by atoms with E-state index in [4.69, 9.17) is 0 Å². The summed E-state index contributed by atoms with van der Waals surface area (Å²) in [6, 6.07) is 0. The standard InChI is InChI=1S/C8H12N2OS/c11-8-3-1-2-6(8)4-7-5-9-12-10-7/h5-6,8,11H,1-4H2. The molecule has 2 unspecified atom stereocenters. The molecule has 1 aliphatic carbocycles. The topological polar surface area (TPSA) is 46.0 Å². The predicted octanol–water partition coefficient (Wildman–Crippen LogP) is 1.24. The molecule has 4 heteroatoms. The van der Waals surface area contributed by atoms with Crippen LogP contribution in [-0.4, -0.2) is 20.0 Å². The smallest absolute Gasteiger partial charge is 0.0746 e. The second kappa shape index (κ2) is 3.49. The van der Waals surface area contributed by atoms with Crippen LogP contribution in [0.4, 0.5) is 0 Å². The van der Waals surface area contributed by atoms with E-state index in [9.17, 15) is 5.11 Å². The molecule has 1 aliphatic rings. The van der Waals surface area contributed by atoms with Crippen LogP contribution in [0.3, 0.4) is 0 Å². The van der Waals surface area contributed by atoms with Crippen LogP contribution < -0.4 is 0 Å². The molecule has 2 atom stereocenters. The zero-order valence-corrected chi connectivity index (χ0v) is 7.63. The Morgan fingerprint density at radius 3 is 3.08 bits per heavy atom. The van der Waals surface area contributed by atoms with Crippen molar-refractivity contribution in [2.24, 2.45) is 5.92 Å². The molecule has 1 aromatic rings. The van der Waals surface area contributed by atoms with Crippen molar-refractivity contribution in [3.05, 3.63) is 11.9 Å². The van der Waals surface area contributed by atoms with E-state index in [2.05, 4.69) is 8.75 Å². The Balaban J connectivity index is 1.95. The number of hydrogen-bond donors (Lipinski definition) is 1. The van der Waals surface area contributed by atoms with E-state index in [1.807, 2.05) is 0 Å². The van der Waals surface area contributed by atoms with Crippen LogP contribution in [0.25, 0.3) is 0 Å². The summed E-state index contributed by atoms with van der Waals surface area (Å²) in [5.74, 6) is 0.425.